The molecule has 0 saturated heterocycles. The SMILES string of the molecule is COc1ccccc1-c1ccc(C[C@@H](N)C(=O)O)cc1. The van der Waals surface area contributed by atoms with E-state index in [9.17, 15) is 4.79 Å². The number of benzene rings is 2. The number of hydrogen-bond acceptors (Lipinski definition) is 3. The van der Waals surface area contributed by atoms with Gasteiger partial charge >= 0.3 is 5.97 Å². The molecular weight excluding hydrogens is 254 g/mol. The van der Waals surface area contributed by atoms with Gasteiger partial charge in [0.25, 0.3) is 0 Å². The smallest absolute Gasteiger partial charge is 0.320 e. The van der Waals surface area contributed by atoms with Crippen LogP contribution in [0.4, 0.5) is 0 Å². The van der Waals surface area contributed by atoms with Crippen LogP contribution in [0.3, 0.4) is 0 Å². The van der Waals surface area contributed by atoms with Crippen molar-refractivity contribution in [2.75, 3.05) is 7.11 Å². The number of hydrogen-bond donors (Lipinski definition) is 2. The first-order chi connectivity index (χ1) is 9.61. The van der Waals surface area contributed by atoms with Crippen LogP contribution in [0.25, 0.3) is 11.1 Å². The van der Waals surface area contributed by atoms with Gasteiger partial charge in [-0.15, -0.1) is 0 Å². The quantitative estimate of drug-likeness (QED) is 0.875. The second kappa shape index (κ2) is 6.21. The summed E-state index contributed by atoms with van der Waals surface area (Å²) in [6, 6.07) is 14.6. The zero-order chi connectivity index (χ0) is 14.5. The van der Waals surface area contributed by atoms with E-state index in [2.05, 4.69) is 0 Å². The van der Waals surface area contributed by atoms with Crippen molar-refractivity contribution in [3.63, 3.8) is 0 Å². The van der Waals surface area contributed by atoms with Crippen molar-refractivity contribution < 1.29 is 14.6 Å². The number of carbonyl (C=O) groups is 1. The van der Waals surface area contributed by atoms with Crippen LogP contribution in [-0.4, -0.2) is 24.2 Å². The first kappa shape index (κ1) is 14.1. The number of aliphatic carboxylic acids is 1. The van der Waals surface area contributed by atoms with Crippen molar-refractivity contribution in [3.05, 3.63) is 54.1 Å². The third-order valence-electron chi connectivity index (χ3n) is 3.14. The molecule has 0 aliphatic carbocycles. The number of para-hydroxylation sites is 1. The van der Waals surface area contributed by atoms with Crippen LogP contribution in [-0.2, 0) is 11.2 Å². The highest BCUT2D eigenvalue weighted by molar-refractivity contribution is 5.74. The van der Waals surface area contributed by atoms with Gasteiger partial charge in [-0.3, -0.25) is 4.79 Å². The molecule has 0 fully saturated rings. The summed E-state index contributed by atoms with van der Waals surface area (Å²) in [5.41, 5.74) is 8.45. The summed E-state index contributed by atoms with van der Waals surface area (Å²) < 4.78 is 5.33. The average molecular weight is 271 g/mol. The Hall–Kier alpha value is -2.33. The molecule has 3 N–H and O–H groups in total. The first-order valence-electron chi connectivity index (χ1n) is 6.32. The third-order valence-corrected chi connectivity index (χ3v) is 3.14. The molecule has 0 aliphatic heterocycles. The minimum Gasteiger partial charge on any atom is -0.496 e. The second-order valence-corrected chi connectivity index (χ2v) is 4.55. The van der Waals surface area contributed by atoms with Crippen molar-refractivity contribution in [1.29, 1.82) is 0 Å². The lowest BCUT2D eigenvalue weighted by atomic mass is 10.0. The van der Waals surface area contributed by atoms with Crippen molar-refractivity contribution in [1.82, 2.24) is 0 Å². The van der Waals surface area contributed by atoms with Crippen LogP contribution in [0.2, 0.25) is 0 Å². The van der Waals surface area contributed by atoms with Gasteiger partial charge in [-0.2, -0.15) is 0 Å². The third kappa shape index (κ3) is 3.16. The van der Waals surface area contributed by atoms with Crippen molar-refractivity contribution >= 4 is 5.97 Å². The lowest BCUT2D eigenvalue weighted by molar-refractivity contribution is -0.138. The summed E-state index contributed by atoms with van der Waals surface area (Å²) in [6.07, 6.45) is 0.321. The summed E-state index contributed by atoms with van der Waals surface area (Å²) in [5, 5.41) is 8.80. The van der Waals surface area contributed by atoms with Crippen molar-refractivity contribution in [2.45, 2.75) is 12.5 Å². The number of carboxylic acids is 1. The van der Waals surface area contributed by atoms with E-state index in [4.69, 9.17) is 15.6 Å². The van der Waals surface area contributed by atoms with Gasteiger partial charge in [0, 0.05) is 5.56 Å². The first-order valence-corrected chi connectivity index (χ1v) is 6.32. The number of carboxylic acid groups (broad SMARTS) is 1. The zero-order valence-corrected chi connectivity index (χ0v) is 11.2. The summed E-state index contributed by atoms with van der Waals surface area (Å²) in [4.78, 5) is 10.7. The number of methoxy groups -OCH3 is 1. The Labute approximate surface area is 117 Å². The topological polar surface area (TPSA) is 72.5 Å². The minimum atomic E-state index is -0.987. The molecule has 0 aliphatic rings. The Balaban J connectivity index is 2.22. The molecule has 0 bridgehead atoms. The van der Waals surface area contributed by atoms with E-state index in [1.165, 1.54) is 0 Å². The summed E-state index contributed by atoms with van der Waals surface area (Å²) in [6.45, 7) is 0. The van der Waals surface area contributed by atoms with E-state index in [0.717, 1.165) is 22.4 Å². The highest BCUT2D eigenvalue weighted by Crippen LogP contribution is 2.29. The Morgan fingerprint density at radius 1 is 1.20 bits per heavy atom. The van der Waals surface area contributed by atoms with E-state index in [1.54, 1.807) is 7.11 Å². The van der Waals surface area contributed by atoms with Crippen LogP contribution in [0.1, 0.15) is 5.56 Å². The summed E-state index contributed by atoms with van der Waals surface area (Å²) >= 11 is 0. The molecule has 0 spiro atoms. The molecule has 4 nitrogen and oxygen atoms in total. The second-order valence-electron chi connectivity index (χ2n) is 4.55. The monoisotopic (exact) mass is 271 g/mol. The van der Waals surface area contributed by atoms with Crippen LogP contribution >= 0.6 is 0 Å². The molecule has 0 saturated carbocycles. The van der Waals surface area contributed by atoms with Crippen molar-refractivity contribution in [3.8, 4) is 16.9 Å². The molecule has 4 heteroatoms. The van der Waals surface area contributed by atoms with E-state index < -0.39 is 12.0 Å². The van der Waals surface area contributed by atoms with Crippen molar-refractivity contribution in [2.24, 2.45) is 5.73 Å². The predicted octanol–water partition coefficient (Wildman–Crippen LogP) is 2.32. The Kier molecular flexibility index (Phi) is 4.38. The number of nitrogens with two attached hydrogens (primary N) is 1. The molecule has 0 heterocycles. The maximum Gasteiger partial charge on any atom is 0.320 e. The summed E-state index contributed by atoms with van der Waals surface area (Å²) in [7, 11) is 1.64. The lowest BCUT2D eigenvalue weighted by Gasteiger charge is -2.10. The number of rotatable bonds is 5. The standard InChI is InChI=1S/C16H17NO3/c1-20-15-5-3-2-4-13(15)12-8-6-11(7-9-12)10-14(17)16(18)19/h2-9,14H,10,17H2,1H3,(H,18,19)/t14-/m1/s1. The normalized spacial score (nSPS) is 11.9. The fraction of sp³-hybridized carbons (Fsp3) is 0.188. The molecule has 0 aromatic heterocycles. The maximum absolute atomic E-state index is 10.7. The average Bonchev–Trinajstić information content (AvgIpc) is 2.48. The molecule has 104 valence electrons. The van der Waals surface area contributed by atoms with Gasteiger partial charge in [0.15, 0.2) is 0 Å². The van der Waals surface area contributed by atoms with Gasteiger partial charge in [0.2, 0.25) is 0 Å². The minimum absolute atomic E-state index is 0.321. The molecule has 2 rings (SSSR count). The molecule has 2 aromatic rings. The van der Waals surface area contributed by atoms with Gasteiger partial charge in [0.1, 0.15) is 11.8 Å². The lowest BCUT2D eigenvalue weighted by Crippen LogP contribution is -2.32. The van der Waals surface area contributed by atoms with Crippen LogP contribution in [0.15, 0.2) is 48.5 Å². The predicted molar refractivity (Wildman–Crippen MR) is 77.7 cm³/mol. The van der Waals surface area contributed by atoms with E-state index in [1.807, 2.05) is 48.5 Å². The van der Waals surface area contributed by atoms with Gasteiger partial charge in [-0.05, 0) is 23.6 Å². The van der Waals surface area contributed by atoms with Gasteiger partial charge < -0.3 is 15.6 Å². The fourth-order valence-electron chi connectivity index (χ4n) is 2.04. The van der Waals surface area contributed by atoms with E-state index >= 15 is 0 Å². The molecule has 0 unspecified atom stereocenters. The highest BCUT2D eigenvalue weighted by Gasteiger charge is 2.12. The number of ether oxygens (including phenoxy) is 1. The highest BCUT2D eigenvalue weighted by atomic mass is 16.5. The van der Waals surface area contributed by atoms with E-state index in [0.29, 0.717) is 6.42 Å². The zero-order valence-electron chi connectivity index (χ0n) is 11.2. The molecule has 1 atom stereocenters. The van der Waals surface area contributed by atoms with E-state index in [-0.39, 0.29) is 0 Å². The van der Waals surface area contributed by atoms with Crippen LogP contribution in [0, 0.1) is 0 Å². The maximum atomic E-state index is 10.7. The van der Waals surface area contributed by atoms with Gasteiger partial charge in [-0.25, -0.2) is 0 Å². The molecular formula is C16H17NO3. The Morgan fingerprint density at radius 3 is 2.45 bits per heavy atom. The molecule has 2 aromatic carbocycles. The molecule has 20 heavy (non-hydrogen) atoms. The Bertz CT molecular complexity index is 593. The van der Waals surface area contributed by atoms with Crippen LogP contribution < -0.4 is 10.5 Å². The van der Waals surface area contributed by atoms with Crippen LogP contribution in [0.5, 0.6) is 5.75 Å². The van der Waals surface area contributed by atoms with Gasteiger partial charge in [-0.1, -0.05) is 42.5 Å². The molecule has 0 amide bonds. The fourth-order valence-corrected chi connectivity index (χ4v) is 2.04. The van der Waals surface area contributed by atoms with Gasteiger partial charge in [0.05, 0.1) is 7.11 Å². The Morgan fingerprint density at radius 2 is 1.85 bits per heavy atom. The summed E-state index contributed by atoms with van der Waals surface area (Å²) in [5.74, 6) is -0.179. The largest absolute Gasteiger partial charge is 0.496 e. The molecule has 0 radical (unpaired) electrons.